The fourth-order valence-corrected chi connectivity index (χ4v) is 5.39. The standard InChI is InChI=1S/C22H25N3O5S/c1-29-15-9-10-16(19(14-15)30-2)18-7-5-13-25(18)21(26)11-12-23-22-17-6-3-4-8-20(17)31(27,28)24-22/h3-4,6,8-10,14,18H,5,7,11-13H2,1-2H3,(H,23,24). The average Bonchev–Trinajstić information content (AvgIpc) is 3.36. The molecule has 1 unspecified atom stereocenters. The van der Waals surface area contributed by atoms with Crippen molar-refractivity contribution in [3.05, 3.63) is 53.6 Å². The number of carbonyl (C=O) groups excluding carboxylic acids is 1. The van der Waals surface area contributed by atoms with Gasteiger partial charge >= 0.3 is 0 Å². The fourth-order valence-electron chi connectivity index (χ4n) is 4.14. The molecule has 2 heterocycles. The zero-order valence-corrected chi connectivity index (χ0v) is 18.3. The van der Waals surface area contributed by atoms with Gasteiger partial charge in [-0.25, -0.2) is 8.42 Å². The molecule has 1 fully saturated rings. The molecular weight excluding hydrogens is 418 g/mol. The summed E-state index contributed by atoms with van der Waals surface area (Å²) in [6.07, 6.45) is 1.96. The monoisotopic (exact) mass is 443 g/mol. The molecular formula is C22H25N3O5S. The maximum absolute atomic E-state index is 13.0. The second-order valence-electron chi connectivity index (χ2n) is 7.44. The van der Waals surface area contributed by atoms with Crippen LogP contribution >= 0.6 is 0 Å². The SMILES string of the molecule is COc1ccc(C2CCCN2C(=O)CCN=C2NS(=O)(=O)c3ccccc32)c(OC)c1. The van der Waals surface area contributed by atoms with Crippen LogP contribution in [0.15, 0.2) is 52.4 Å². The fraction of sp³-hybridized carbons (Fsp3) is 0.364. The molecule has 0 aliphatic carbocycles. The van der Waals surface area contributed by atoms with Gasteiger partial charge in [0.05, 0.1) is 31.7 Å². The van der Waals surface area contributed by atoms with Gasteiger partial charge in [-0.15, -0.1) is 0 Å². The number of benzene rings is 2. The second-order valence-corrected chi connectivity index (χ2v) is 9.09. The first-order valence-electron chi connectivity index (χ1n) is 10.1. The molecule has 9 heteroatoms. The molecule has 0 bridgehead atoms. The zero-order valence-electron chi connectivity index (χ0n) is 17.5. The molecule has 0 radical (unpaired) electrons. The summed E-state index contributed by atoms with van der Waals surface area (Å²) in [6, 6.07) is 12.3. The van der Waals surface area contributed by atoms with Crippen molar-refractivity contribution in [3.63, 3.8) is 0 Å². The Kier molecular flexibility index (Phi) is 5.86. The maximum atomic E-state index is 13.0. The first-order valence-corrected chi connectivity index (χ1v) is 11.6. The van der Waals surface area contributed by atoms with Crippen molar-refractivity contribution in [1.82, 2.24) is 9.62 Å². The summed E-state index contributed by atoms with van der Waals surface area (Å²) >= 11 is 0. The topological polar surface area (TPSA) is 97.3 Å². The molecule has 2 aliphatic heterocycles. The molecule has 8 nitrogen and oxygen atoms in total. The summed E-state index contributed by atoms with van der Waals surface area (Å²) in [5, 5.41) is 0. The van der Waals surface area contributed by atoms with Gasteiger partial charge in [-0.1, -0.05) is 12.1 Å². The molecule has 164 valence electrons. The molecule has 0 saturated carbocycles. The number of sulfonamides is 1. The number of amidine groups is 1. The van der Waals surface area contributed by atoms with Crippen molar-refractivity contribution < 1.29 is 22.7 Å². The van der Waals surface area contributed by atoms with Crippen molar-refractivity contribution in [3.8, 4) is 11.5 Å². The average molecular weight is 444 g/mol. The molecule has 4 rings (SSSR count). The quantitative estimate of drug-likeness (QED) is 0.740. The third kappa shape index (κ3) is 4.10. The van der Waals surface area contributed by atoms with Gasteiger partial charge in [0.2, 0.25) is 5.91 Å². The number of ether oxygens (including phenoxy) is 2. The number of hydrogen-bond donors (Lipinski definition) is 1. The molecule has 1 saturated heterocycles. The van der Waals surface area contributed by atoms with Crippen LogP contribution in [0, 0.1) is 0 Å². The van der Waals surface area contributed by atoms with Crippen LogP contribution in [0.5, 0.6) is 11.5 Å². The highest BCUT2D eigenvalue weighted by Crippen LogP contribution is 2.39. The molecule has 2 aromatic rings. The van der Waals surface area contributed by atoms with Gasteiger partial charge in [0.25, 0.3) is 10.0 Å². The van der Waals surface area contributed by atoms with Crippen LogP contribution in [-0.4, -0.2) is 52.4 Å². The lowest BCUT2D eigenvalue weighted by atomic mass is 10.0. The Morgan fingerprint density at radius 3 is 2.77 bits per heavy atom. The Bertz CT molecular complexity index is 1130. The highest BCUT2D eigenvalue weighted by atomic mass is 32.2. The lowest BCUT2D eigenvalue weighted by Gasteiger charge is -2.26. The van der Waals surface area contributed by atoms with Gasteiger partial charge in [-0.2, -0.15) is 0 Å². The van der Waals surface area contributed by atoms with Crippen molar-refractivity contribution in [2.45, 2.75) is 30.2 Å². The molecule has 2 aliphatic rings. The molecule has 0 aromatic heterocycles. The van der Waals surface area contributed by atoms with E-state index < -0.39 is 10.0 Å². The van der Waals surface area contributed by atoms with E-state index in [0.717, 1.165) is 18.4 Å². The van der Waals surface area contributed by atoms with E-state index in [1.165, 1.54) is 0 Å². The minimum Gasteiger partial charge on any atom is -0.497 e. The number of nitrogens with one attached hydrogen (secondary N) is 1. The number of carbonyl (C=O) groups is 1. The van der Waals surface area contributed by atoms with E-state index in [0.29, 0.717) is 23.6 Å². The highest BCUT2D eigenvalue weighted by Gasteiger charge is 2.32. The van der Waals surface area contributed by atoms with E-state index in [9.17, 15) is 13.2 Å². The van der Waals surface area contributed by atoms with Crippen LogP contribution in [0.25, 0.3) is 0 Å². The summed E-state index contributed by atoms with van der Waals surface area (Å²) in [7, 11) is -0.371. The molecule has 1 amide bonds. The van der Waals surface area contributed by atoms with Gasteiger partial charge < -0.3 is 14.4 Å². The molecule has 2 aromatic carbocycles. The first kappa shape index (κ1) is 21.2. The summed E-state index contributed by atoms with van der Waals surface area (Å²) in [4.78, 5) is 19.4. The van der Waals surface area contributed by atoms with Crippen LogP contribution < -0.4 is 14.2 Å². The predicted molar refractivity (Wildman–Crippen MR) is 116 cm³/mol. The lowest BCUT2D eigenvalue weighted by Crippen LogP contribution is -2.31. The van der Waals surface area contributed by atoms with E-state index in [4.69, 9.17) is 9.47 Å². The second kappa shape index (κ2) is 8.58. The summed E-state index contributed by atoms with van der Waals surface area (Å²) < 4.78 is 37.6. The zero-order chi connectivity index (χ0) is 22.0. The molecule has 1 N–H and O–H groups in total. The van der Waals surface area contributed by atoms with E-state index in [1.54, 1.807) is 38.5 Å². The van der Waals surface area contributed by atoms with Crippen molar-refractivity contribution in [1.29, 1.82) is 0 Å². The number of likely N-dealkylation sites (tertiary alicyclic amines) is 1. The predicted octanol–water partition coefficient (Wildman–Crippen LogP) is 2.50. The number of aliphatic imine (C=N–C) groups is 1. The summed E-state index contributed by atoms with van der Waals surface area (Å²) in [5.41, 5.74) is 1.50. The number of hydrogen-bond acceptors (Lipinski definition) is 6. The van der Waals surface area contributed by atoms with E-state index in [1.807, 2.05) is 23.1 Å². The highest BCUT2D eigenvalue weighted by molar-refractivity contribution is 7.90. The Hall–Kier alpha value is -3.07. The van der Waals surface area contributed by atoms with E-state index in [-0.39, 0.29) is 35.6 Å². The van der Waals surface area contributed by atoms with E-state index in [2.05, 4.69) is 9.71 Å². The smallest absolute Gasteiger partial charge is 0.263 e. The number of nitrogens with zero attached hydrogens (tertiary/aromatic N) is 2. The Morgan fingerprint density at radius 1 is 1.19 bits per heavy atom. The Labute approximate surface area is 181 Å². The Morgan fingerprint density at radius 2 is 2.00 bits per heavy atom. The number of fused-ring (bicyclic) bond motifs is 1. The third-order valence-corrected chi connectivity index (χ3v) is 7.03. The van der Waals surface area contributed by atoms with Crippen molar-refractivity contribution in [2.75, 3.05) is 27.3 Å². The Balaban J connectivity index is 1.47. The van der Waals surface area contributed by atoms with Gasteiger partial charge in [0.15, 0.2) is 0 Å². The van der Waals surface area contributed by atoms with Crippen LogP contribution in [0.4, 0.5) is 0 Å². The minimum absolute atomic E-state index is 0.0149. The number of amides is 1. The normalized spacial score (nSPS) is 20.4. The van der Waals surface area contributed by atoms with Gasteiger partial charge in [0, 0.05) is 30.2 Å². The minimum atomic E-state index is -3.58. The van der Waals surface area contributed by atoms with Crippen LogP contribution in [0.1, 0.15) is 36.4 Å². The summed E-state index contributed by atoms with van der Waals surface area (Å²) in [5.74, 6) is 1.67. The van der Waals surface area contributed by atoms with Crippen LogP contribution in [0.3, 0.4) is 0 Å². The van der Waals surface area contributed by atoms with Gasteiger partial charge in [-0.3, -0.25) is 14.5 Å². The largest absolute Gasteiger partial charge is 0.497 e. The molecule has 31 heavy (non-hydrogen) atoms. The third-order valence-electron chi connectivity index (χ3n) is 5.63. The first-order chi connectivity index (χ1) is 14.9. The van der Waals surface area contributed by atoms with E-state index >= 15 is 0 Å². The molecule has 0 spiro atoms. The van der Waals surface area contributed by atoms with Gasteiger partial charge in [0.1, 0.15) is 17.3 Å². The van der Waals surface area contributed by atoms with Crippen LogP contribution in [-0.2, 0) is 14.8 Å². The van der Waals surface area contributed by atoms with Crippen LogP contribution in [0.2, 0.25) is 0 Å². The number of rotatable bonds is 6. The maximum Gasteiger partial charge on any atom is 0.263 e. The number of methoxy groups -OCH3 is 2. The van der Waals surface area contributed by atoms with Gasteiger partial charge in [-0.05, 0) is 37.1 Å². The summed E-state index contributed by atoms with van der Waals surface area (Å²) in [6.45, 7) is 0.874. The molecule has 1 atom stereocenters. The van der Waals surface area contributed by atoms with Crippen molar-refractivity contribution in [2.24, 2.45) is 4.99 Å². The van der Waals surface area contributed by atoms with Crippen molar-refractivity contribution >= 4 is 21.8 Å². The lowest BCUT2D eigenvalue weighted by molar-refractivity contribution is -0.131.